The summed E-state index contributed by atoms with van der Waals surface area (Å²) in [5, 5.41) is 62.1. The molecule has 1 unspecified atom stereocenters. The van der Waals surface area contributed by atoms with Gasteiger partial charge >= 0.3 is 5.97 Å². The van der Waals surface area contributed by atoms with Crippen molar-refractivity contribution in [3.63, 3.8) is 0 Å². The molecule has 388 valence electrons. The van der Waals surface area contributed by atoms with E-state index in [1.54, 1.807) is 34.6 Å². The molecule has 0 radical (unpaired) electrons. The average Bonchev–Trinajstić information content (AvgIpc) is 3.28. The summed E-state index contributed by atoms with van der Waals surface area (Å²) in [6, 6.07) is -2.41. The van der Waals surface area contributed by atoms with Crippen LogP contribution in [0.25, 0.3) is 0 Å². The van der Waals surface area contributed by atoms with Crippen molar-refractivity contribution in [2.45, 2.75) is 212 Å². The van der Waals surface area contributed by atoms with Gasteiger partial charge in [-0.25, -0.2) is 0 Å². The summed E-state index contributed by atoms with van der Waals surface area (Å²) in [7, 11) is 3.69. The number of cyclic esters (lactones) is 1. The summed E-state index contributed by atoms with van der Waals surface area (Å²) in [6.45, 7) is 16.6. The van der Waals surface area contributed by atoms with Crippen LogP contribution in [0.2, 0.25) is 0 Å². The quantitative estimate of drug-likeness (QED) is 0.0549. The lowest BCUT2D eigenvalue weighted by Gasteiger charge is -2.46. The van der Waals surface area contributed by atoms with Crippen LogP contribution < -0.4 is 5.32 Å². The van der Waals surface area contributed by atoms with Gasteiger partial charge in [-0.15, -0.1) is 0 Å². The normalized spacial score (nSPS) is 34.7. The molecule has 14 heteroatoms. The van der Waals surface area contributed by atoms with Gasteiger partial charge in [-0.05, 0) is 126 Å². The van der Waals surface area contributed by atoms with E-state index in [0.717, 1.165) is 38.5 Å². The van der Waals surface area contributed by atoms with E-state index in [-0.39, 0.29) is 43.9 Å². The number of hydrogen-bond acceptors (Lipinski definition) is 12. The molecule has 0 aromatic heterocycles. The molecule has 0 saturated carbocycles. The fourth-order valence-electron chi connectivity index (χ4n) is 9.28. The van der Waals surface area contributed by atoms with Crippen LogP contribution in [0.1, 0.15) is 140 Å². The number of amides is 2. The van der Waals surface area contributed by atoms with Crippen LogP contribution in [0.3, 0.4) is 0 Å². The van der Waals surface area contributed by atoms with Gasteiger partial charge in [-0.1, -0.05) is 101 Å². The Hall–Kier alpha value is -3.47. The predicted molar refractivity (Wildman–Crippen MR) is 269 cm³/mol. The highest BCUT2D eigenvalue weighted by Crippen LogP contribution is 2.37. The predicted octanol–water partition coefficient (Wildman–Crippen LogP) is 6.85. The number of rotatable bonds is 20. The molecular formula is C54H91N3O11. The summed E-state index contributed by atoms with van der Waals surface area (Å²) in [6.07, 6.45) is 24.0. The topological polar surface area (TPSA) is 199 Å². The van der Waals surface area contributed by atoms with Gasteiger partial charge < -0.3 is 54.9 Å². The smallest absolute Gasteiger partial charge is 0.311 e. The Morgan fingerprint density at radius 3 is 1.85 bits per heavy atom. The first-order valence-corrected chi connectivity index (χ1v) is 25.2. The third-order valence-electron chi connectivity index (χ3n) is 13.3. The second kappa shape index (κ2) is 30.3. The lowest BCUT2D eigenvalue weighted by Crippen LogP contribution is -2.62. The molecule has 2 rings (SSSR count). The second-order valence-electron chi connectivity index (χ2n) is 19.9. The third-order valence-corrected chi connectivity index (χ3v) is 13.3. The van der Waals surface area contributed by atoms with Gasteiger partial charge in [0.15, 0.2) is 6.29 Å². The van der Waals surface area contributed by atoms with Gasteiger partial charge in [0.25, 0.3) is 0 Å². The standard InChI is InChI=1S/C54H91N3O11/c1-13-15-16-17-18-19-20-21-22-23-24-25-26-27-28-29-30-31-32-33-45(58)55-41(7)50(62)57-36-37(3)35-53(9,64)49(68-52-47(60)43(56(11)12)34-38(4)66-52)39(5)46(59)40(6)51(63)67-44(14-2)54(10,65)48(61)42(57)8/h15-16,18-19,21-22,24-25,27-28,30-31,37-44,46-49,52,59-61,64-65H,13-14,17,20,23,26,29,32-36H2,1-12H3,(H,55,58)/t37-,38-,39+,40-,41+,42-,43+,44-,46+,47-,48-,49-,52?,53-,54-/m1/s1. The molecule has 0 aliphatic carbocycles. The number of ether oxygens (including phenoxy) is 3. The van der Waals surface area contributed by atoms with Crippen LogP contribution in [-0.4, -0.2) is 146 Å². The number of likely N-dealkylation sites (N-methyl/N-ethyl adjacent to an activating group) is 1. The molecule has 0 aromatic rings. The Bertz CT molecular complexity index is 1690. The van der Waals surface area contributed by atoms with E-state index in [1.165, 1.54) is 18.7 Å². The molecule has 0 spiro atoms. The molecular weight excluding hydrogens is 867 g/mol. The van der Waals surface area contributed by atoms with Crippen LogP contribution in [0.4, 0.5) is 0 Å². The SMILES string of the molecule is CCC=CCC=CCC=CCC=CCC=CCC=CCCC(=O)N[C@@H](C)C(=O)N1C[C@H](C)C[C@@](C)(O)[C@H](OC2O[C@H](C)C[C@H](N(C)C)[C@H]2O)[C@@H](C)[C@H](O)[C@@H](C)C(=O)O[C@H](CC)[C@@](C)(O)[C@H](O)[C@H]1C. The van der Waals surface area contributed by atoms with Crippen molar-refractivity contribution in [3.05, 3.63) is 72.9 Å². The molecule has 2 saturated heterocycles. The number of allylic oxidation sites excluding steroid dienone is 12. The Labute approximate surface area is 409 Å². The van der Waals surface area contributed by atoms with Crippen LogP contribution in [0.5, 0.6) is 0 Å². The Kier molecular flexibility index (Phi) is 27.0. The molecule has 0 bridgehead atoms. The van der Waals surface area contributed by atoms with Crippen molar-refractivity contribution in [1.29, 1.82) is 0 Å². The van der Waals surface area contributed by atoms with Gasteiger partial charge in [0, 0.05) is 24.9 Å². The minimum absolute atomic E-state index is 0.00367. The van der Waals surface area contributed by atoms with Crippen molar-refractivity contribution in [2.75, 3.05) is 20.6 Å². The minimum atomic E-state index is -2.06. The minimum Gasteiger partial charge on any atom is -0.459 e. The number of carbonyl (C=O) groups excluding carboxylic acids is 3. The number of aliphatic hydroxyl groups excluding tert-OH is 3. The molecule has 2 aliphatic heterocycles. The van der Waals surface area contributed by atoms with Crippen molar-refractivity contribution in [3.8, 4) is 0 Å². The maximum Gasteiger partial charge on any atom is 0.311 e. The lowest BCUT2D eigenvalue weighted by molar-refractivity contribution is -0.299. The van der Waals surface area contributed by atoms with Crippen LogP contribution in [-0.2, 0) is 28.6 Å². The van der Waals surface area contributed by atoms with E-state index >= 15 is 0 Å². The Morgan fingerprint density at radius 2 is 1.35 bits per heavy atom. The zero-order valence-electron chi connectivity index (χ0n) is 43.5. The molecule has 15 atom stereocenters. The number of nitrogens with one attached hydrogen (secondary N) is 1. The first kappa shape index (κ1) is 60.7. The van der Waals surface area contributed by atoms with Crippen LogP contribution >= 0.6 is 0 Å². The fraction of sp³-hybridized carbons (Fsp3) is 0.722. The first-order chi connectivity index (χ1) is 32.0. The number of aliphatic hydroxyl groups is 5. The zero-order chi connectivity index (χ0) is 51.2. The van der Waals surface area contributed by atoms with E-state index in [1.807, 2.05) is 45.0 Å². The van der Waals surface area contributed by atoms with E-state index in [9.17, 15) is 39.9 Å². The van der Waals surface area contributed by atoms with Gasteiger partial charge in [-0.3, -0.25) is 14.4 Å². The largest absolute Gasteiger partial charge is 0.459 e. The molecule has 6 N–H and O–H groups in total. The second-order valence-corrected chi connectivity index (χ2v) is 19.9. The molecule has 2 amide bonds. The van der Waals surface area contributed by atoms with E-state index in [4.69, 9.17) is 14.2 Å². The Morgan fingerprint density at radius 1 is 0.838 bits per heavy atom. The zero-order valence-corrected chi connectivity index (χ0v) is 43.5. The van der Waals surface area contributed by atoms with Gasteiger partial charge in [0.1, 0.15) is 30.0 Å². The number of esters is 1. The average molecular weight is 958 g/mol. The maximum absolute atomic E-state index is 14.4. The summed E-state index contributed by atoms with van der Waals surface area (Å²) < 4.78 is 18.4. The fourth-order valence-corrected chi connectivity index (χ4v) is 9.28. The van der Waals surface area contributed by atoms with E-state index < -0.39 is 89.7 Å². The number of nitrogens with zero attached hydrogens (tertiary/aromatic N) is 2. The summed E-state index contributed by atoms with van der Waals surface area (Å²) in [5.74, 6) is -4.29. The van der Waals surface area contributed by atoms with Crippen molar-refractivity contribution < 1.29 is 54.1 Å². The van der Waals surface area contributed by atoms with Crippen molar-refractivity contribution >= 4 is 17.8 Å². The first-order valence-electron chi connectivity index (χ1n) is 25.2. The summed E-state index contributed by atoms with van der Waals surface area (Å²) in [5.41, 5.74) is -3.80. The monoisotopic (exact) mass is 958 g/mol. The van der Waals surface area contributed by atoms with Crippen molar-refractivity contribution in [1.82, 2.24) is 15.1 Å². The summed E-state index contributed by atoms with van der Waals surface area (Å²) >= 11 is 0. The molecule has 2 heterocycles. The highest BCUT2D eigenvalue weighted by Gasteiger charge is 2.50. The highest BCUT2D eigenvalue weighted by atomic mass is 16.7. The van der Waals surface area contributed by atoms with E-state index in [0.29, 0.717) is 12.8 Å². The van der Waals surface area contributed by atoms with Gasteiger partial charge in [0.2, 0.25) is 11.8 Å². The molecule has 68 heavy (non-hydrogen) atoms. The molecule has 14 nitrogen and oxygen atoms in total. The third kappa shape index (κ3) is 19.4. The lowest BCUT2D eigenvalue weighted by atomic mass is 9.78. The number of hydrogen-bond donors (Lipinski definition) is 6. The molecule has 2 aliphatic rings. The number of carbonyl (C=O) groups is 3. The molecule has 0 aromatic carbocycles. The van der Waals surface area contributed by atoms with Gasteiger partial charge in [0.05, 0.1) is 35.9 Å². The van der Waals surface area contributed by atoms with E-state index in [2.05, 4.69) is 73.0 Å². The van der Waals surface area contributed by atoms with Crippen molar-refractivity contribution in [2.24, 2.45) is 17.8 Å². The highest BCUT2D eigenvalue weighted by molar-refractivity contribution is 5.87. The van der Waals surface area contributed by atoms with Crippen LogP contribution in [0, 0.1) is 17.8 Å². The maximum atomic E-state index is 14.4. The summed E-state index contributed by atoms with van der Waals surface area (Å²) in [4.78, 5) is 44.5. The Balaban J connectivity index is 2.21. The van der Waals surface area contributed by atoms with Crippen LogP contribution in [0.15, 0.2) is 72.9 Å². The van der Waals surface area contributed by atoms with Gasteiger partial charge in [-0.2, -0.15) is 0 Å². The molecule has 2 fully saturated rings.